The lowest BCUT2D eigenvalue weighted by atomic mass is 10.1. The van der Waals surface area contributed by atoms with Crippen LogP contribution in [0.15, 0.2) is 33.5 Å². The molecule has 0 amide bonds. The highest BCUT2D eigenvalue weighted by molar-refractivity contribution is 9.10. The highest BCUT2D eigenvalue weighted by Gasteiger charge is 2.16. The third-order valence-electron chi connectivity index (χ3n) is 2.87. The van der Waals surface area contributed by atoms with E-state index in [9.17, 15) is 4.79 Å². The molecule has 3 N–H and O–H groups in total. The van der Waals surface area contributed by atoms with Gasteiger partial charge < -0.3 is 5.73 Å². The normalized spacial score (nSPS) is 11.2. The second-order valence-electron chi connectivity index (χ2n) is 4.48. The first-order valence-corrected chi connectivity index (χ1v) is 6.63. The van der Waals surface area contributed by atoms with Crippen LogP contribution in [0.3, 0.4) is 0 Å². The number of nitrogens with one attached hydrogen (secondary N) is 1. The van der Waals surface area contributed by atoms with Gasteiger partial charge in [0.15, 0.2) is 0 Å². The van der Waals surface area contributed by atoms with E-state index in [1.165, 1.54) is 0 Å². The van der Waals surface area contributed by atoms with E-state index in [0.29, 0.717) is 5.56 Å². The zero-order valence-corrected chi connectivity index (χ0v) is 12.0. The minimum Gasteiger partial charge on any atom is -0.326 e. The summed E-state index contributed by atoms with van der Waals surface area (Å²) < 4.78 is 2.48. The molecule has 1 aromatic carbocycles. The maximum Gasteiger partial charge on any atom is 0.275 e. The van der Waals surface area contributed by atoms with Crippen molar-refractivity contribution >= 4 is 15.9 Å². The van der Waals surface area contributed by atoms with Gasteiger partial charge in [-0.3, -0.25) is 9.89 Å². The maximum atomic E-state index is 12.3. The van der Waals surface area contributed by atoms with Crippen LogP contribution in [0.2, 0.25) is 0 Å². The average Bonchev–Trinajstić information content (AvgIpc) is 2.66. The molecule has 2 aromatic rings. The zero-order chi connectivity index (χ0) is 13.3. The fourth-order valence-corrected chi connectivity index (χ4v) is 2.35. The third kappa shape index (κ3) is 2.28. The summed E-state index contributed by atoms with van der Waals surface area (Å²) >= 11 is 3.40. The first-order chi connectivity index (χ1) is 8.54. The van der Waals surface area contributed by atoms with Crippen molar-refractivity contribution in [3.05, 3.63) is 50.3 Å². The topological polar surface area (TPSA) is 63.8 Å². The molecular formula is C13H16BrN3O. The number of aromatic amines is 1. The SMILES string of the molecule is CC(C)c1[nH]n(-c2cccc(Br)c2)c(=O)c1CN. The lowest BCUT2D eigenvalue weighted by molar-refractivity contribution is 0.756. The molecule has 4 nitrogen and oxygen atoms in total. The Balaban J connectivity index is 2.63. The molecule has 0 saturated heterocycles. The number of nitrogens with zero attached hydrogens (tertiary/aromatic N) is 1. The van der Waals surface area contributed by atoms with Crippen molar-refractivity contribution in [2.45, 2.75) is 26.3 Å². The second-order valence-corrected chi connectivity index (χ2v) is 5.40. The smallest absolute Gasteiger partial charge is 0.275 e. The predicted octanol–water partition coefficient (Wildman–Crippen LogP) is 2.51. The number of H-pyrrole nitrogens is 1. The Hall–Kier alpha value is -1.33. The van der Waals surface area contributed by atoms with Crippen molar-refractivity contribution < 1.29 is 0 Å². The molecule has 0 unspecified atom stereocenters. The molecule has 0 radical (unpaired) electrons. The quantitative estimate of drug-likeness (QED) is 0.915. The van der Waals surface area contributed by atoms with Crippen molar-refractivity contribution in [3.8, 4) is 5.69 Å². The molecule has 0 saturated carbocycles. The van der Waals surface area contributed by atoms with E-state index in [0.717, 1.165) is 15.9 Å². The van der Waals surface area contributed by atoms with Gasteiger partial charge in [0.1, 0.15) is 0 Å². The van der Waals surface area contributed by atoms with Crippen LogP contribution in [0.25, 0.3) is 5.69 Å². The summed E-state index contributed by atoms with van der Waals surface area (Å²) in [5.74, 6) is 0.240. The molecule has 2 rings (SSSR count). The number of nitrogens with two attached hydrogens (primary N) is 1. The molecule has 0 aliphatic carbocycles. The third-order valence-corrected chi connectivity index (χ3v) is 3.36. The molecule has 1 heterocycles. The van der Waals surface area contributed by atoms with E-state index < -0.39 is 0 Å². The van der Waals surface area contributed by atoms with Crippen molar-refractivity contribution in [1.29, 1.82) is 0 Å². The van der Waals surface area contributed by atoms with Crippen LogP contribution in [0.4, 0.5) is 0 Å². The second kappa shape index (κ2) is 5.12. The first-order valence-electron chi connectivity index (χ1n) is 5.84. The molecule has 0 fully saturated rings. The highest BCUT2D eigenvalue weighted by Crippen LogP contribution is 2.18. The van der Waals surface area contributed by atoms with Crippen LogP contribution in [0.5, 0.6) is 0 Å². The molecule has 0 aliphatic rings. The maximum absolute atomic E-state index is 12.3. The van der Waals surface area contributed by atoms with E-state index in [4.69, 9.17) is 5.73 Å². The van der Waals surface area contributed by atoms with Crippen molar-refractivity contribution in [2.75, 3.05) is 0 Å². The molecule has 5 heteroatoms. The molecular weight excluding hydrogens is 294 g/mol. The van der Waals surface area contributed by atoms with Crippen LogP contribution in [0.1, 0.15) is 31.0 Å². The predicted molar refractivity (Wildman–Crippen MR) is 76.1 cm³/mol. The van der Waals surface area contributed by atoms with Gasteiger partial charge in [0, 0.05) is 16.7 Å². The summed E-state index contributed by atoms with van der Waals surface area (Å²) in [6.07, 6.45) is 0. The molecule has 1 aromatic heterocycles. The monoisotopic (exact) mass is 309 g/mol. The highest BCUT2D eigenvalue weighted by atomic mass is 79.9. The van der Waals surface area contributed by atoms with E-state index in [1.807, 2.05) is 38.1 Å². The van der Waals surface area contributed by atoms with Crippen molar-refractivity contribution in [2.24, 2.45) is 5.73 Å². The molecule has 18 heavy (non-hydrogen) atoms. The van der Waals surface area contributed by atoms with Gasteiger partial charge >= 0.3 is 0 Å². The van der Waals surface area contributed by atoms with Crippen LogP contribution in [-0.2, 0) is 6.54 Å². The number of hydrogen-bond donors (Lipinski definition) is 2. The lowest BCUT2D eigenvalue weighted by Crippen LogP contribution is -2.19. The van der Waals surface area contributed by atoms with E-state index in [-0.39, 0.29) is 18.0 Å². The Morgan fingerprint density at radius 1 is 1.44 bits per heavy atom. The van der Waals surface area contributed by atoms with Crippen LogP contribution in [0, 0.1) is 0 Å². The Morgan fingerprint density at radius 3 is 2.67 bits per heavy atom. The number of benzene rings is 1. The minimum absolute atomic E-state index is 0.0701. The fraction of sp³-hybridized carbons (Fsp3) is 0.308. The van der Waals surface area contributed by atoms with Gasteiger partial charge in [0.2, 0.25) is 0 Å². The van der Waals surface area contributed by atoms with Gasteiger partial charge in [-0.05, 0) is 24.1 Å². The number of aromatic nitrogens is 2. The summed E-state index contributed by atoms with van der Waals surface area (Å²) in [5, 5.41) is 3.15. The number of halogens is 1. The fourth-order valence-electron chi connectivity index (χ4n) is 1.96. The standard InChI is InChI=1S/C13H16BrN3O/c1-8(2)12-11(7-15)13(18)17(16-12)10-5-3-4-9(14)6-10/h3-6,8,16H,7,15H2,1-2H3. The van der Waals surface area contributed by atoms with Gasteiger partial charge in [0.25, 0.3) is 5.56 Å². The largest absolute Gasteiger partial charge is 0.326 e. The van der Waals surface area contributed by atoms with E-state index in [2.05, 4.69) is 21.0 Å². The summed E-state index contributed by atoms with van der Waals surface area (Å²) in [6, 6.07) is 7.59. The first kappa shape index (κ1) is 13.1. The molecule has 0 bridgehead atoms. The minimum atomic E-state index is -0.0701. The van der Waals surface area contributed by atoms with Gasteiger partial charge in [-0.15, -0.1) is 0 Å². The van der Waals surface area contributed by atoms with Crippen LogP contribution in [-0.4, -0.2) is 9.78 Å². The van der Waals surface area contributed by atoms with Gasteiger partial charge in [-0.2, -0.15) is 0 Å². The summed E-state index contributed by atoms with van der Waals surface area (Å²) in [7, 11) is 0. The van der Waals surface area contributed by atoms with Crippen LogP contribution >= 0.6 is 15.9 Å². The van der Waals surface area contributed by atoms with Gasteiger partial charge in [0.05, 0.1) is 11.3 Å². The van der Waals surface area contributed by atoms with Gasteiger partial charge in [-0.1, -0.05) is 35.8 Å². The molecule has 0 spiro atoms. The summed E-state index contributed by atoms with van der Waals surface area (Å²) in [5.41, 5.74) is 7.96. The Morgan fingerprint density at radius 2 is 2.17 bits per heavy atom. The lowest BCUT2D eigenvalue weighted by Gasteiger charge is -2.04. The number of rotatable bonds is 3. The molecule has 0 atom stereocenters. The average molecular weight is 310 g/mol. The number of hydrogen-bond acceptors (Lipinski definition) is 2. The molecule has 0 aliphatic heterocycles. The summed E-state index contributed by atoms with van der Waals surface area (Å²) in [6.45, 7) is 4.33. The Bertz CT molecular complexity index is 613. The van der Waals surface area contributed by atoms with E-state index >= 15 is 0 Å². The van der Waals surface area contributed by atoms with E-state index in [1.54, 1.807) is 4.68 Å². The summed E-state index contributed by atoms with van der Waals surface area (Å²) in [4.78, 5) is 12.3. The van der Waals surface area contributed by atoms with Crippen molar-refractivity contribution in [1.82, 2.24) is 9.78 Å². The van der Waals surface area contributed by atoms with Crippen molar-refractivity contribution in [3.63, 3.8) is 0 Å². The Labute approximate surface area is 114 Å². The van der Waals surface area contributed by atoms with Gasteiger partial charge in [-0.25, -0.2) is 4.68 Å². The zero-order valence-electron chi connectivity index (χ0n) is 10.4. The molecule has 96 valence electrons. The Kier molecular flexibility index (Phi) is 3.73. The van der Waals surface area contributed by atoms with Crippen LogP contribution < -0.4 is 11.3 Å².